The molecule has 2 aliphatic rings. The molecule has 0 radical (unpaired) electrons. The normalized spacial score (nSPS) is 24.0. The Balaban J connectivity index is 1.63. The predicted octanol–water partition coefficient (Wildman–Crippen LogP) is 0.962. The van der Waals surface area contributed by atoms with Crippen LogP contribution in [-0.4, -0.2) is 71.4 Å². The van der Waals surface area contributed by atoms with E-state index in [0.29, 0.717) is 5.69 Å². The Labute approximate surface area is 168 Å². The van der Waals surface area contributed by atoms with Crippen LogP contribution in [0.25, 0.3) is 0 Å². The lowest BCUT2D eigenvalue weighted by Gasteiger charge is -2.38. The molecule has 30 heavy (non-hydrogen) atoms. The smallest absolute Gasteiger partial charge is 0.410 e. The number of aromatic nitrogens is 1. The van der Waals surface area contributed by atoms with E-state index in [1.54, 1.807) is 0 Å². The first-order chi connectivity index (χ1) is 14.2. The fourth-order valence-electron chi connectivity index (χ4n) is 3.24. The lowest BCUT2D eigenvalue weighted by atomic mass is 10.0. The molecule has 164 valence electrons. The van der Waals surface area contributed by atoms with Gasteiger partial charge in [-0.15, -0.1) is 0 Å². The lowest BCUT2D eigenvalue weighted by molar-refractivity contribution is -0.114. The number of amides is 2. The van der Waals surface area contributed by atoms with Crippen LogP contribution in [0.5, 0.6) is 0 Å². The van der Waals surface area contributed by atoms with Crippen molar-refractivity contribution in [3.63, 3.8) is 0 Å². The predicted molar refractivity (Wildman–Crippen MR) is 96.1 cm³/mol. The van der Waals surface area contributed by atoms with Crippen molar-refractivity contribution >= 4 is 17.7 Å². The van der Waals surface area contributed by atoms with Gasteiger partial charge in [-0.1, -0.05) is 0 Å². The van der Waals surface area contributed by atoms with Crippen molar-refractivity contribution in [2.45, 2.75) is 31.2 Å². The van der Waals surface area contributed by atoms with Crippen LogP contribution in [0, 0.1) is 5.95 Å². The molecule has 9 nitrogen and oxygen atoms in total. The summed E-state index contributed by atoms with van der Waals surface area (Å²) in [5, 5.41) is 4.23. The molecule has 3 atom stereocenters. The summed E-state index contributed by atoms with van der Waals surface area (Å²) >= 11 is 0. The van der Waals surface area contributed by atoms with E-state index in [0.717, 1.165) is 11.0 Å². The van der Waals surface area contributed by atoms with Crippen molar-refractivity contribution in [1.29, 1.82) is 0 Å². The van der Waals surface area contributed by atoms with Crippen LogP contribution in [0.4, 0.5) is 28.0 Å². The van der Waals surface area contributed by atoms with E-state index in [-0.39, 0.29) is 25.1 Å². The van der Waals surface area contributed by atoms with Crippen LogP contribution in [-0.2, 0) is 9.53 Å². The summed E-state index contributed by atoms with van der Waals surface area (Å²) in [6.07, 6.45) is -3.51. The van der Waals surface area contributed by atoms with Crippen molar-refractivity contribution in [2.24, 2.45) is 5.73 Å². The molecule has 3 unspecified atom stereocenters. The summed E-state index contributed by atoms with van der Waals surface area (Å²) in [4.78, 5) is 28.0. The zero-order chi connectivity index (χ0) is 21.8. The number of hydrogen-bond acceptors (Lipinski definition) is 7. The van der Waals surface area contributed by atoms with Crippen LogP contribution in [0.1, 0.15) is 6.42 Å². The molecule has 2 amide bonds. The second kappa shape index (κ2) is 9.15. The first-order valence-electron chi connectivity index (χ1n) is 9.02. The lowest BCUT2D eigenvalue weighted by Crippen LogP contribution is -2.56. The summed E-state index contributed by atoms with van der Waals surface area (Å²) in [6, 6.07) is 1.83. The number of hydrazine groups is 1. The fraction of sp³-hybridized carbons (Fsp3) is 0.471. The van der Waals surface area contributed by atoms with Gasteiger partial charge in [-0.3, -0.25) is 4.79 Å². The van der Waals surface area contributed by atoms with E-state index in [9.17, 15) is 27.2 Å². The van der Waals surface area contributed by atoms with Crippen molar-refractivity contribution in [1.82, 2.24) is 20.3 Å². The van der Waals surface area contributed by atoms with Gasteiger partial charge in [0.2, 0.25) is 11.9 Å². The number of halogens is 4. The molecular formula is C17H20F4N6O3. The van der Waals surface area contributed by atoms with Gasteiger partial charge >= 0.3 is 6.09 Å². The van der Waals surface area contributed by atoms with Gasteiger partial charge in [0.1, 0.15) is 12.3 Å². The van der Waals surface area contributed by atoms with Gasteiger partial charge in [0.25, 0.3) is 6.43 Å². The fourth-order valence-corrected chi connectivity index (χ4v) is 3.24. The van der Waals surface area contributed by atoms with Gasteiger partial charge < -0.3 is 25.7 Å². The van der Waals surface area contributed by atoms with Gasteiger partial charge in [0.05, 0.1) is 18.2 Å². The molecule has 3 heterocycles. The minimum Gasteiger partial charge on any atom is -0.443 e. The highest BCUT2D eigenvalue weighted by molar-refractivity contribution is 5.94. The number of hydrogen-bond donors (Lipinski definition) is 3. The number of carbonyl (C=O) groups excluding carboxylic acids is 2. The maximum absolute atomic E-state index is 14.7. The van der Waals surface area contributed by atoms with Gasteiger partial charge in [0, 0.05) is 30.7 Å². The second-order valence-electron chi connectivity index (χ2n) is 6.72. The Hall–Kier alpha value is -3.09. The number of alkyl halides is 3. The number of rotatable bonds is 6. The maximum Gasteiger partial charge on any atom is 0.410 e. The molecule has 0 aromatic carbocycles. The van der Waals surface area contributed by atoms with E-state index >= 15 is 0 Å². The van der Waals surface area contributed by atoms with Crippen LogP contribution >= 0.6 is 0 Å². The van der Waals surface area contributed by atoms with E-state index < -0.39 is 49.4 Å². The molecular weight excluding hydrogens is 412 g/mol. The molecule has 2 aliphatic heterocycles. The molecule has 1 aromatic rings. The molecule has 1 saturated heterocycles. The molecule has 0 aliphatic carbocycles. The van der Waals surface area contributed by atoms with Gasteiger partial charge in [0.15, 0.2) is 6.61 Å². The Morgan fingerprint density at radius 2 is 2.20 bits per heavy atom. The number of primary amides is 1. The zero-order valence-electron chi connectivity index (χ0n) is 15.6. The Kier molecular flexibility index (Phi) is 6.59. The molecule has 1 aromatic heterocycles. The molecule has 0 bridgehead atoms. The minimum atomic E-state index is -2.81. The number of nitrogens with one attached hydrogen (secondary N) is 2. The van der Waals surface area contributed by atoms with Crippen molar-refractivity contribution < 1.29 is 31.9 Å². The van der Waals surface area contributed by atoms with Crippen LogP contribution in [0.3, 0.4) is 0 Å². The van der Waals surface area contributed by atoms with Gasteiger partial charge in [-0.25, -0.2) is 28.4 Å². The molecule has 13 heteroatoms. The number of nitrogens with two attached hydrogens (primary N) is 1. The number of anilines is 1. The van der Waals surface area contributed by atoms with Crippen molar-refractivity contribution in [2.75, 3.05) is 25.0 Å². The minimum absolute atomic E-state index is 0.0682. The Morgan fingerprint density at radius 3 is 2.83 bits per heavy atom. The Bertz CT molecular complexity index is 826. The van der Waals surface area contributed by atoms with Gasteiger partial charge in [-0.2, -0.15) is 4.39 Å². The monoisotopic (exact) mass is 432 g/mol. The standard InChI is InChI=1S/C17H20F4N6O3/c18-11-7-26(17(29)30-8-13(19)20)4-2-12(11)27-6-10(15(22)28)16(25-27)24-9-1-3-23-14(21)5-9/h1,3,5-6,11-13,16,25H,2,4,7-8H2,(H2,22,28)(H,23,24). The third-order valence-corrected chi connectivity index (χ3v) is 4.64. The summed E-state index contributed by atoms with van der Waals surface area (Å²) in [5.74, 6) is -1.49. The van der Waals surface area contributed by atoms with Gasteiger partial charge in [-0.05, 0) is 12.5 Å². The van der Waals surface area contributed by atoms with E-state index in [4.69, 9.17) is 5.73 Å². The number of piperidine rings is 1. The molecule has 0 saturated carbocycles. The maximum atomic E-state index is 14.7. The number of nitrogens with zero attached hydrogens (tertiary/aromatic N) is 3. The average Bonchev–Trinajstić information content (AvgIpc) is 3.09. The quantitative estimate of drug-likeness (QED) is 0.453. The highest BCUT2D eigenvalue weighted by atomic mass is 19.3. The number of ether oxygens (including phenoxy) is 1. The number of likely N-dealkylation sites (tertiary alicyclic amines) is 1. The molecule has 3 rings (SSSR count). The number of pyridine rings is 1. The zero-order valence-corrected chi connectivity index (χ0v) is 15.6. The molecule has 4 N–H and O–H groups in total. The van der Waals surface area contributed by atoms with Crippen LogP contribution in [0.15, 0.2) is 30.1 Å². The topological polar surface area (TPSA) is 113 Å². The summed E-state index contributed by atoms with van der Waals surface area (Å²) in [6.45, 7) is -1.35. The highest BCUT2D eigenvalue weighted by Gasteiger charge is 2.39. The summed E-state index contributed by atoms with van der Waals surface area (Å²) < 4.78 is 56.8. The first kappa shape index (κ1) is 21.6. The number of carbonyl (C=O) groups is 2. The Morgan fingerprint density at radius 1 is 1.43 bits per heavy atom. The van der Waals surface area contributed by atoms with Crippen LogP contribution in [0.2, 0.25) is 0 Å². The molecule has 1 fully saturated rings. The first-order valence-corrected chi connectivity index (χ1v) is 9.02. The van der Waals surface area contributed by atoms with Crippen molar-refractivity contribution in [3.8, 4) is 0 Å². The third-order valence-electron chi connectivity index (χ3n) is 4.64. The molecule has 0 spiro atoms. The average molecular weight is 432 g/mol. The van der Waals surface area contributed by atoms with E-state index in [1.165, 1.54) is 23.5 Å². The largest absolute Gasteiger partial charge is 0.443 e. The van der Waals surface area contributed by atoms with E-state index in [2.05, 4.69) is 20.5 Å². The SMILES string of the molecule is NC(=O)C1=CN(C2CCN(C(=O)OCC(F)F)CC2F)NC1Nc1ccnc(F)c1. The summed E-state index contributed by atoms with van der Waals surface area (Å²) in [7, 11) is 0. The summed E-state index contributed by atoms with van der Waals surface area (Å²) in [5.41, 5.74) is 8.70. The van der Waals surface area contributed by atoms with Crippen molar-refractivity contribution in [3.05, 3.63) is 36.1 Å². The van der Waals surface area contributed by atoms with E-state index in [1.807, 2.05) is 0 Å². The second-order valence-corrected chi connectivity index (χ2v) is 6.72. The highest BCUT2D eigenvalue weighted by Crippen LogP contribution is 2.25. The van der Waals surface area contributed by atoms with Crippen LogP contribution < -0.4 is 16.5 Å². The third kappa shape index (κ3) is 5.09.